The molecule has 0 aromatic heterocycles. The van der Waals surface area contributed by atoms with Crippen molar-refractivity contribution in [3.8, 4) is 0 Å². The summed E-state index contributed by atoms with van der Waals surface area (Å²) < 4.78 is 6.53. The summed E-state index contributed by atoms with van der Waals surface area (Å²) in [6, 6.07) is 10.3. The summed E-state index contributed by atoms with van der Waals surface area (Å²) >= 11 is 0.234. The third-order valence-corrected chi connectivity index (χ3v) is 7.34. The summed E-state index contributed by atoms with van der Waals surface area (Å²) in [7, 11) is 0. The van der Waals surface area contributed by atoms with Crippen molar-refractivity contribution in [2.45, 2.75) is 59.4 Å². The van der Waals surface area contributed by atoms with E-state index in [1.54, 1.807) is 6.08 Å². The Hall–Kier alpha value is -1.61. The molecule has 30 heavy (non-hydrogen) atoms. The van der Waals surface area contributed by atoms with E-state index in [2.05, 4.69) is 58.6 Å². The Morgan fingerprint density at radius 1 is 1.23 bits per heavy atom. The average Bonchev–Trinajstić information content (AvgIpc) is 2.67. The van der Waals surface area contributed by atoms with Crippen molar-refractivity contribution < 1.29 is 14.6 Å². The maximum absolute atomic E-state index is 12.3. The van der Waals surface area contributed by atoms with Crippen LogP contribution >= 0.6 is 0 Å². The minimum atomic E-state index is -0.600. The molecule has 0 heterocycles. The molecule has 1 N–H and O–H groups in total. The van der Waals surface area contributed by atoms with Gasteiger partial charge in [-0.1, -0.05) is 0 Å². The molecule has 0 radical (unpaired) electrons. The van der Waals surface area contributed by atoms with Gasteiger partial charge >= 0.3 is 190 Å². The molecule has 3 nitrogen and oxygen atoms in total. The molecule has 3 atom stereocenters. The zero-order valence-electron chi connectivity index (χ0n) is 19.4. The second-order valence-electron chi connectivity index (χ2n) is 9.01. The fraction of sp³-hybridized carbons (Fsp3) is 0.500. The fourth-order valence-electron chi connectivity index (χ4n) is 3.38. The molecule has 1 aromatic carbocycles. The van der Waals surface area contributed by atoms with Crippen LogP contribution in [0.3, 0.4) is 0 Å². The Bertz CT molecular complexity index is 728. The number of hydrogen-bond donors (Lipinski definition) is 1. The molecule has 0 saturated heterocycles. The normalized spacial score (nSPS) is 16.0. The predicted octanol–water partition coefficient (Wildman–Crippen LogP) is 5.11. The number of carbonyl (C=O) groups is 1. The monoisotopic (exact) mass is 478 g/mol. The number of allylic oxidation sites excluding steroid dienone is 3. The first-order valence-corrected chi connectivity index (χ1v) is 12.6. The van der Waals surface area contributed by atoms with Crippen LogP contribution in [-0.4, -0.2) is 38.7 Å². The standard InChI is InChI=1S/C26H38O3Se/c1-8-14-29-24(27)16-22(18-30-23-12-10-9-11-13-23)21(4)25(28)20(3)15-19(2)17-26(5,6)7/h8-13,15,17,21-22,25,28H,1,14,16,18H2,2-7H3/b19-17+,20-15+/t21-,22-,25-/m0/s1. The zero-order valence-corrected chi connectivity index (χ0v) is 21.1. The van der Waals surface area contributed by atoms with Crippen LogP contribution in [0.4, 0.5) is 0 Å². The molecule has 0 bridgehead atoms. The molecule has 1 rings (SSSR count). The molecular weight excluding hydrogens is 439 g/mol. The summed E-state index contributed by atoms with van der Waals surface area (Å²) in [5, 5.41) is 11.9. The third kappa shape index (κ3) is 10.4. The van der Waals surface area contributed by atoms with E-state index in [9.17, 15) is 9.90 Å². The molecule has 0 aliphatic carbocycles. The number of esters is 1. The molecule has 0 fully saturated rings. The number of aliphatic hydroxyl groups is 1. The van der Waals surface area contributed by atoms with E-state index >= 15 is 0 Å². The number of aliphatic hydroxyl groups excluding tert-OH is 1. The van der Waals surface area contributed by atoms with Gasteiger partial charge in [-0.2, -0.15) is 0 Å². The molecule has 0 aliphatic heterocycles. The first-order chi connectivity index (χ1) is 14.0. The van der Waals surface area contributed by atoms with Gasteiger partial charge in [0.1, 0.15) is 0 Å². The summed E-state index contributed by atoms with van der Waals surface area (Å²) in [6.45, 7) is 16.4. The summed E-state index contributed by atoms with van der Waals surface area (Å²) in [6.07, 6.45) is 5.55. The van der Waals surface area contributed by atoms with Crippen LogP contribution in [0, 0.1) is 17.3 Å². The third-order valence-electron chi connectivity index (χ3n) is 4.82. The van der Waals surface area contributed by atoms with Crippen molar-refractivity contribution in [3.05, 3.63) is 66.3 Å². The number of hydrogen-bond acceptors (Lipinski definition) is 3. The molecule has 4 heteroatoms. The first kappa shape index (κ1) is 26.4. The van der Waals surface area contributed by atoms with Gasteiger partial charge in [0, 0.05) is 0 Å². The predicted molar refractivity (Wildman–Crippen MR) is 128 cm³/mol. The quantitative estimate of drug-likeness (QED) is 0.209. The van der Waals surface area contributed by atoms with Gasteiger partial charge in [-0.15, -0.1) is 0 Å². The molecule has 0 spiro atoms. The van der Waals surface area contributed by atoms with Crippen molar-refractivity contribution in [2.24, 2.45) is 17.3 Å². The molecule has 0 aliphatic rings. The van der Waals surface area contributed by atoms with E-state index in [0.717, 1.165) is 16.5 Å². The molecule has 0 saturated carbocycles. The van der Waals surface area contributed by atoms with E-state index in [4.69, 9.17) is 4.74 Å². The summed E-state index contributed by atoms with van der Waals surface area (Å²) in [5.41, 5.74) is 2.16. The van der Waals surface area contributed by atoms with E-state index in [1.165, 1.54) is 4.46 Å². The van der Waals surface area contributed by atoms with Gasteiger partial charge in [0.05, 0.1) is 0 Å². The van der Waals surface area contributed by atoms with Gasteiger partial charge in [-0.3, -0.25) is 0 Å². The molecule has 1 aromatic rings. The van der Waals surface area contributed by atoms with Gasteiger partial charge in [0.15, 0.2) is 0 Å². The van der Waals surface area contributed by atoms with Crippen LogP contribution in [0.1, 0.15) is 48.0 Å². The Kier molecular flexibility index (Phi) is 11.4. The van der Waals surface area contributed by atoms with Gasteiger partial charge < -0.3 is 0 Å². The molecular formula is C26H38O3Se. The summed E-state index contributed by atoms with van der Waals surface area (Å²) in [4.78, 5) is 12.3. The van der Waals surface area contributed by atoms with Crippen LogP contribution in [0.5, 0.6) is 0 Å². The Morgan fingerprint density at radius 3 is 2.43 bits per heavy atom. The van der Waals surface area contributed by atoms with Crippen LogP contribution < -0.4 is 4.46 Å². The second kappa shape index (κ2) is 12.9. The van der Waals surface area contributed by atoms with Gasteiger partial charge in [0.2, 0.25) is 0 Å². The average molecular weight is 478 g/mol. The van der Waals surface area contributed by atoms with Crippen LogP contribution in [0.2, 0.25) is 5.32 Å². The van der Waals surface area contributed by atoms with Crippen molar-refractivity contribution in [3.63, 3.8) is 0 Å². The topological polar surface area (TPSA) is 46.5 Å². The zero-order chi connectivity index (χ0) is 22.7. The minimum absolute atomic E-state index is 0.0489. The number of rotatable bonds is 11. The van der Waals surface area contributed by atoms with Crippen LogP contribution in [-0.2, 0) is 9.53 Å². The van der Waals surface area contributed by atoms with Gasteiger partial charge in [-0.25, -0.2) is 0 Å². The number of ether oxygens (including phenoxy) is 1. The fourth-order valence-corrected chi connectivity index (χ4v) is 5.85. The summed E-state index contributed by atoms with van der Waals surface area (Å²) in [5.74, 6) is -0.230. The first-order valence-electron chi connectivity index (χ1n) is 10.5. The Labute approximate surface area is 189 Å². The molecule has 0 unspecified atom stereocenters. The number of benzene rings is 1. The van der Waals surface area contributed by atoms with E-state index in [1.807, 2.05) is 32.0 Å². The van der Waals surface area contributed by atoms with Gasteiger partial charge in [-0.05, 0) is 0 Å². The Morgan fingerprint density at radius 2 is 1.87 bits per heavy atom. The van der Waals surface area contributed by atoms with Crippen molar-refractivity contribution in [2.75, 3.05) is 6.61 Å². The van der Waals surface area contributed by atoms with Crippen molar-refractivity contribution in [1.82, 2.24) is 0 Å². The van der Waals surface area contributed by atoms with Crippen LogP contribution in [0.15, 0.2) is 66.3 Å². The molecule has 166 valence electrons. The van der Waals surface area contributed by atoms with E-state index in [-0.39, 0.29) is 44.8 Å². The van der Waals surface area contributed by atoms with Crippen LogP contribution in [0.25, 0.3) is 0 Å². The van der Waals surface area contributed by atoms with Crippen molar-refractivity contribution in [1.29, 1.82) is 0 Å². The SMILES string of the molecule is C=CCOC(=O)C[C@@H](C[Se]c1ccccc1)[C@H](C)[C@@H](O)/C(C)=C/C(C)=C/C(C)(C)C. The van der Waals surface area contributed by atoms with Gasteiger partial charge in [0.25, 0.3) is 0 Å². The van der Waals surface area contributed by atoms with E-state index in [0.29, 0.717) is 6.42 Å². The Balaban J connectivity index is 2.94. The van der Waals surface area contributed by atoms with E-state index < -0.39 is 6.10 Å². The molecule has 0 amide bonds. The second-order valence-corrected chi connectivity index (χ2v) is 11.3. The number of carbonyl (C=O) groups excluding carboxylic acids is 1. The maximum atomic E-state index is 12.3. The van der Waals surface area contributed by atoms with Crippen molar-refractivity contribution >= 4 is 25.4 Å².